The maximum Gasteiger partial charge on any atom is 0.319 e. The fourth-order valence-corrected chi connectivity index (χ4v) is 4.03. The number of nitrogens with one attached hydrogen (secondary N) is 2. The van der Waals surface area contributed by atoms with Gasteiger partial charge in [0, 0.05) is 30.7 Å². The van der Waals surface area contributed by atoms with Crippen molar-refractivity contribution in [2.24, 2.45) is 11.8 Å². The number of rotatable bonds is 4. The molecule has 1 aromatic rings. The van der Waals surface area contributed by atoms with Gasteiger partial charge in [0.2, 0.25) is 5.91 Å². The van der Waals surface area contributed by atoms with Gasteiger partial charge in [-0.1, -0.05) is 6.42 Å². The molecule has 2 atom stereocenters. The Morgan fingerprint density at radius 3 is 2.29 bits per heavy atom. The van der Waals surface area contributed by atoms with E-state index in [-0.39, 0.29) is 29.7 Å². The number of piperidine rings is 1. The Morgan fingerprint density at radius 2 is 1.64 bits per heavy atom. The number of carbonyl (C=O) groups excluding carboxylic acids is 2. The number of halogens is 1. The molecule has 152 valence electrons. The molecular formula is C20H26FN3O4. The van der Waals surface area contributed by atoms with E-state index in [1.54, 1.807) is 4.90 Å². The van der Waals surface area contributed by atoms with E-state index in [0.29, 0.717) is 44.5 Å². The fourth-order valence-electron chi connectivity index (χ4n) is 4.03. The summed E-state index contributed by atoms with van der Waals surface area (Å²) in [7, 11) is 0. The van der Waals surface area contributed by atoms with Crippen molar-refractivity contribution in [2.75, 3.05) is 18.4 Å². The highest BCUT2D eigenvalue weighted by atomic mass is 19.1. The van der Waals surface area contributed by atoms with Crippen LogP contribution in [0.15, 0.2) is 24.3 Å². The Morgan fingerprint density at radius 1 is 1.00 bits per heavy atom. The average Bonchev–Trinajstić information content (AvgIpc) is 2.70. The number of likely N-dealkylation sites (tertiary alicyclic amines) is 1. The minimum Gasteiger partial charge on any atom is -0.481 e. The van der Waals surface area contributed by atoms with Gasteiger partial charge in [-0.05, 0) is 56.4 Å². The SMILES string of the molecule is O=C(Nc1ccc(F)cc1)NC1CCN(C(=O)C2CCCC(C(=O)O)C2)CC1. The van der Waals surface area contributed by atoms with Crippen molar-refractivity contribution in [1.29, 1.82) is 0 Å². The highest BCUT2D eigenvalue weighted by Crippen LogP contribution is 2.31. The summed E-state index contributed by atoms with van der Waals surface area (Å²) < 4.78 is 12.9. The largest absolute Gasteiger partial charge is 0.481 e. The lowest BCUT2D eigenvalue weighted by Crippen LogP contribution is -2.49. The van der Waals surface area contributed by atoms with Crippen LogP contribution in [0.5, 0.6) is 0 Å². The number of hydrogen-bond acceptors (Lipinski definition) is 3. The Hall–Kier alpha value is -2.64. The number of carboxylic acids is 1. The minimum absolute atomic E-state index is 0.0392. The minimum atomic E-state index is -0.812. The molecule has 1 aromatic carbocycles. The molecule has 3 amide bonds. The van der Waals surface area contributed by atoms with Crippen LogP contribution in [0.2, 0.25) is 0 Å². The summed E-state index contributed by atoms with van der Waals surface area (Å²) in [6, 6.07) is 5.14. The monoisotopic (exact) mass is 391 g/mol. The lowest BCUT2D eigenvalue weighted by molar-refractivity contribution is -0.145. The number of hydrogen-bond donors (Lipinski definition) is 3. The van der Waals surface area contributed by atoms with E-state index in [9.17, 15) is 23.9 Å². The number of carboxylic acid groups (broad SMARTS) is 1. The molecule has 1 heterocycles. The van der Waals surface area contributed by atoms with E-state index in [4.69, 9.17) is 0 Å². The molecule has 2 fully saturated rings. The fraction of sp³-hybridized carbons (Fsp3) is 0.550. The molecule has 8 heteroatoms. The van der Waals surface area contributed by atoms with Crippen LogP contribution in [-0.2, 0) is 9.59 Å². The average molecular weight is 391 g/mol. The van der Waals surface area contributed by atoms with Crippen molar-refractivity contribution in [2.45, 2.75) is 44.6 Å². The van der Waals surface area contributed by atoms with Gasteiger partial charge in [0.05, 0.1) is 5.92 Å². The Labute approximate surface area is 163 Å². The molecule has 3 N–H and O–H groups in total. The molecule has 3 rings (SSSR count). The molecule has 1 saturated carbocycles. The lowest BCUT2D eigenvalue weighted by Gasteiger charge is -2.36. The summed E-state index contributed by atoms with van der Waals surface area (Å²) in [5.41, 5.74) is 0.511. The highest BCUT2D eigenvalue weighted by molar-refractivity contribution is 5.89. The van der Waals surface area contributed by atoms with Crippen molar-refractivity contribution >= 4 is 23.6 Å². The maximum absolute atomic E-state index is 12.9. The van der Waals surface area contributed by atoms with E-state index >= 15 is 0 Å². The quantitative estimate of drug-likeness (QED) is 0.735. The van der Waals surface area contributed by atoms with E-state index in [0.717, 1.165) is 12.8 Å². The molecule has 2 aliphatic rings. The van der Waals surface area contributed by atoms with Gasteiger partial charge in [-0.3, -0.25) is 9.59 Å². The second-order valence-electron chi connectivity index (χ2n) is 7.60. The van der Waals surface area contributed by atoms with Crippen molar-refractivity contribution in [1.82, 2.24) is 10.2 Å². The summed E-state index contributed by atoms with van der Waals surface area (Å²) in [6.07, 6.45) is 3.89. The molecule has 1 aliphatic heterocycles. The molecule has 2 unspecified atom stereocenters. The molecule has 0 bridgehead atoms. The molecule has 7 nitrogen and oxygen atoms in total. The van der Waals surface area contributed by atoms with Crippen LogP contribution >= 0.6 is 0 Å². The van der Waals surface area contributed by atoms with Gasteiger partial charge in [0.25, 0.3) is 0 Å². The molecule has 1 saturated heterocycles. The van der Waals surface area contributed by atoms with Crippen LogP contribution < -0.4 is 10.6 Å². The first-order valence-electron chi connectivity index (χ1n) is 9.77. The zero-order valence-corrected chi connectivity index (χ0v) is 15.7. The second-order valence-corrected chi connectivity index (χ2v) is 7.60. The third kappa shape index (κ3) is 5.21. The number of anilines is 1. The summed E-state index contributed by atoms with van der Waals surface area (Å²) in [4.78, 5) is 37.8. The molecule has 0 aromatic heterocycles. The highest BCUT2D eigenvalue weighted by Gasteiger charge is 2.34. The Bertz CT molecular complexity index is 717. The van der Waals surface area contributed by atoms with Crippen LogP contribution in [-0.4, -0.2) is 47.0 Å². The third-order valence-corrected chi connectivity index (χ3v) is 5.62. The molecular weight excluding hydrogens is 365 g/mol. The standard InChI is InChI=1S/C20H26FN3O4/c21-15-4-6-16(7-5-15)22-20(28)23-17-8-10-24(11-9-17)18(25)13-2-1-3-14(12-13)19(26)27/h4-7,13-14,17H,1-3,8-12H2,(H,26,27)(H2,22,23,28). The lowest BCUT2D eigenvalue weighted by atomic mass is 9.80. The van der Waals surface area contributed by atoms with Gasteiger partial charge < -0.3 is 20.6 Å². The van der Waals surface area contributed by atoms with Crippen LogP contribution in [0.4, 0.5) is 14.9 Å². The zero-order chi connectivity index (χ0) is 20.1. The van der Waals surface area contributed by atoms with E-state index < -0.39 is 11.9 Å². The van der Waals surface area contributed by atoms with Crippen LogP contribution in [0.25, 0.3) is 0 Å². The number of benzene rings is 1. The first-order valence-corrected chi connectivity index (χ1v) is 9.77. The van der Waals surface area contributed by atoms with Gasteiger partial charge >= 0.3 is 12.0 Å². The normalized spacial score (nSPS) is 23.1. The van der Waals surface area contributed by atoms with Gasteiger partial charge in [-0.25, -0.2) is 9.18 Å². The molecule has 28 heavy (non-hydrogen) atoms. The molecule has 0 spiro atoms. The number of nitrogens with zero attached hydrogens (tertiary/aromatic N) is 1. The zero-order valence-electron chi connectivity index (χ0n) is 15.7. The Kier molecular flexibility index (Phi) is 6.49. The van der Waals surface area contributed by atoms with Crippen molar-refractivity contribution in [3.05, 3.63) is 30.1 Å². The van der Waals surface area contributed by atoms with E-state index in [2.05, 4.69) is 10.6 Å². The number of aliphatic carboxylic acids is 1. The number of carbonyl (C=O) groups is 3. The molecule has 0 radical (unpaired) electrons. The third-order valence-electron chi connectivity index (χ3n) is 5.62. The maximum atomic E-state index is 12.9. The summed E-state index contributed by atoms with van der Waals surface area (Å²) in [5, 5.41) is 14.7. The number of urea groups is 1. The van der Waals surface area contributed by atoms with E-state index in [1.165, 1.54) is 24.3 Å². The predicted molar refractivity (Wildman–Crippen MR) is 101 cm³/mol. The van der Waals surface area contributed by atoms with Crippen LogP contribution in [0, 0.1) is 17.7 Å². The topological polar surface area (TPSA) is 98.7 Å². The van der Waals surface area contributed by atoms with Crippen LogP contribution in [0.1, 0.15) is 38.5 Å². The first kappa shape index (κ1) is 20.1. The Balaban J connectivity index is 1.43. The summed E-state index contributed by atoms with van der Waals surface area (Å²) in [5.74, 6) is -1.76. The smallest absolute Gasteiger partial charge is 0.319 e. The summed E-state index contributed by atoms with van der Waals surface area (Å²) >= 11 is 0. The first-order chi connectivity index (χ1) is 13.4. The predicted octanol–water partition coefficient (Wildman–Crippen LogP) is 2.83. The van der Waals surface area contributed by atoms with Gasteiger partial charge in [0.15, 0.2) is 0 Å². The van der Waals surface area contributed by atoms with Gasteiger partial charge in [0.1, 0.15) is 5.82 Å². The van der Waals surface area contributed by atoms with E-state index in [1.807, 2.05) is 0 Å². The van der Waals surface area contributed by atoms with Gasteiger partial charge in [-0.2, -0.15) is 0 Å². The summed E-state index contributed by atoms with van der Waals surface area (Å²) in [6.45, 7) is 1.10. The van der Waals surface area contributed by atoms with Crippen molar-refractivity contribution in [3.63, 3.8) is 0 Å². The number of amides is 3. The van der Waals surface area contributed by atoms with Gasteiger partial charge in [-0.15, -0.1) is 0 Å². The molecule has 1 aliphatic carbocycles. The van der Waals surface area contributed by atoms with Crippen LogP contribution in [0.3, 0.4) is 0 Å². The second kappa shape index (κ2) is 9.03. The van der Waals surface area contributed by atoms with Crippen molar-refractivity contribution in [3.8, 4) is 0 Å². The van der Waals surface area contributed by atoms with Crippen molar-refractivity contribution < 1.29 is 23.9 Å².